The van der Waals surface area contributed by atoms with E-state index in [1.807, 2.05) is 0 Å². The summed E-state index contributed by atoms with van der Waals surface area (Å²) in [6.45, 7) is -0.0272. The Bertz CT molecular complexity index is 779. The van der Waals surface area contributed by atoms with Crippen molar-refractivity contribution >= 4 is 17.5 Å². The summed E-state index contributed by atoms with van der Waals surface area (Å²) in [4.78, 5) is 37.7. The fourth-order valence-corrected chi connectivity index (χ4v) is 5.19. The molecule has 7 heteroatoms. The molecule has 5 atom stereocenters. The number of allylic oxidation sites excluding steroid dienone is 2. The second-order valence-electron chi connectivity index (χ2n) is 6.63. The van der Waals surface area contributed by atoms with E-state index in [9.17, 15) is 14.4 Å². The first kappa shape index (κ1) is 11.6. The Labute approximate surface area is 123 Å². The molecule has 4 heterocycles. The molecule has 0 aromatic rings. The molecule has 22 heavy (non-hydrogen) atoms. The summed E-state index contributed by atoms with van der Waals surface area (Å²) in [6, 6.07) is 0. The minimum absolute atomic E-state index is 0.0669. The second kappa shape index (κ2) is 2.91. The predicted molar refractivity (Wildman–Crippen MR) is 65.1 cm³/mol. The second-order valence-corrected chi connectivity index (χ2v) is 6.63. The molecular formula is C15H10O7. The Balaban J connectivity index is 1.78. The van der Waals surface area contributed by atoms with Gasteiger partial charge in [0, 0.05) is 6.42 Å². The highest BCUT2D eigenvalue weighted by Gasteiger charge is 2.85. The van der Waals surface area contributed by atoms with Crippen molar-refractivity contribution in [2.24, 2.45) is 10.8 Å². The summed E-state index contributed by atoms with van der Waals surface area (Å²) in [5, 5.41) is 0. The molecule has 0 radical (unpaired) electrons. The molecule has 4 fully saturated rings. The minimum atomic E-state index is -1.49. The number of rotatable bonds is 0. The van der Waals surface area contributed by atoms with Crippen LogP contribution in [0.4, 0.5) is 0 Å². The van der Waals surface area contributed by atoms with Crippen LogP contribution in [0.25, 0.3) is 0 Å². The zero-order valence-corrected chi connectivity index (χ0v) is 11.3. The normalized spacial score (nSPS) is 52.8. The first-order valence-corrected chi connectivity index (χ1v) is 7.22. The molecule has 7 nitrogen and oxygen atoms in total. The van der Waals surface area contributed by atoms with E-state index in [-0.39, 0.29) is 42.5 Å². The van der Waals surface area contributed by atoms with Gasteiger partial charge in [0.1, 0.15) is 29.3 Å². The van der Waals surface area contributed by atoms with Crippen molar-refractivity contribution < 1.29 is 33.3 Å². The molecule has 0 amide bonds. The maximum absolute atomic E-state index is 12.8. The van der Waals surface area contributed by atoms with E-state index in [2.05, 4.69) is 0 Å². The van der Waals surface area contributed by atoms with Gasteiger partial charge in [0.05, 0.1) is 12.2 Å². The van der Waals surface area contributed by atoms with Gasteiger partial charge >= 0.3 is 5.97 Å². The average molecular weight is 302 g/mol. The fourth-order valence-electron chi connectivity index (χ4n) is 5.19. The SMILES string of the molecule is O=C1COC23CC45C(=O)C=CC46C(COC6OC5=C12)OC3=O. The van der Waals surface area contributed by atoms with Crippen LogP contribution >= 0.6 is 0 Å². The standard InChI is InChI=1S/C15H10O7/c16-6-3-20-15-5-14-7(17)1-2-13(14)8(21-11(15)18)4-19-12(13)22-10(14)9(6)15/h1-2,8,12H,3-5H2. The summed E-state index contributed by atoms with van der Waals surface area (Å²) in [6.07, 6.45) is 1.99. The monoisotopic (exact) mass is 302 g/mol. The molecule has 6 rings (SSSR count). The molecule has 112 valence electrons. The van der Waals surface area contributed by atoms with E-state index < -0.39 is 34.8 Å². The Morgan fingerprint density at radius 2 is 2.05 bits per heavy atom. The maximum atomic E-state index is 12.8. The first-order chi connectivity index (χ1) is 10.6. The molecule has 2 bridgehead atoms. The lowest BCUT2D eigenvalue weighted by atomic mass is 9.62. The van der Waals surface area contributed by atoms with Crippen LogP contribution in [-0.2, 0) is 33.3 Å². The van der Waals surface area contributed by atoms with Gasteiger partial charge in [-0.15, -0.1) is 0 Å². The number of carbonyl (C=O) groups is 3. The fraction of sp³-hybridized carbons (Fsp3) is 0.533. The van der Waals surface area contributed by atoms with Gasteiger partial charge in [-0.2, -0.15) is 0 Å². The Morgan fingerprint density at radius 1 is 1.18 bits per heavy atom. The predicted octanol–water partition coefficient (Wildman–Crippen LogP) is -0.594. The van der Waals surface area contributed by atoms with Crippen molar-refractivity contribution in [2.45, 2.75) is 24.4 Å². The zero-order chi connectivity index (χ0) is 14.9. The molecular weight excluding hydrogens is 292 g/mol. The van der Waals surface area contributed by atoms with Crippen LogP contribution in [0.5, 0.6) is 0 Å². The quantitative estimate of drug-likeness (QED) is 0.552. The van der Waals surface area contributed by atoms with Gasteiger partial charge in [-0.1, -0.05) is 6.08 Å². The third-order valence-electron chi connectivity index (χ3n) is 6.06. The Hall–Kier alpha value is -1.99. The van der Waals surface area contributed by atoms with Crippen LogP contribution in [0.15, 0.2) is 23.5 Å². The highest BCUT2D eigenvalue weighted by Crippen LogP contribution is 2.74. The van der Waals surface area contributed by atoms with E-state index in [4.69, 9.17) is 18.9 Å². The van der Waals surface area contributed by atoms with Crippen LogP contribution < -0.4 is 0 Å². The van der Waals surface area contributed by atoms with E-state index in [0.29, 0.717) is 0 Å². The van der Waals surface area contributed by atoms with E-state index in [1.165, 1.54) is 6.08 Å². The van der Waals surface area contributed by atoms with Crippen LogP contribution in [-0.4, -0.2) is 48.7 Å². The summed E-state index contributed by atoms with van der Waals surface area (Å²) in [5.74, 6) is -0.831. The minimum Gasteiger partial charge on any atom is -0.466 e. The molecule has 5 unspecified atom stereocenters. The molecule has 4 aliphatic heterocycles. The largest absolute Gasteiger partial charge is 0.466 e. The smallest absolute Gasteiger partial charge is 0.343 e. The third-order valence-corrected chi connectivity index (χ3v) is 6.06. The number of esters is 1. The van der Waals surface area contributed by atoms with Crippen LogP contribution in [0.1, 0.15) is 6.42 Å². The van der Waals surface area contributed by atoms with Gasteiger partial charge in [-0.05, 0) is 6.08 Å². The Morgan fingerprint density at radius 3 is 2.91 bits per heavy atom. The molecule has 2 aliphatic carbocycles. The first-order valence-electron chi connectivity index (χ1n) is 7.22. The topological polar surface area (TPSA) is 88.1 Å². The van der Waals surface area contributed by atoms with E-state index >= 15 is 0 Å². The van der Waals surface area contributed by atoms with Gasteiger partial charge in [-0.25, -0.2) is 4.79 Å². The Kier molecular flexibility index (Phi) is 1.53. The van der Waals surface area contributed by atoms with Crippen molar-refractivity contribution in [1.82, 2.24) is 0 Å². The summed E-state index contributed by atoms with van der Waals surface area (Å²) >= 11 is 0. The van der Waals surface area contributed by atoms with Crippen LogP contribution in [0.2, 0.25) is 0 Å². The third kappa shape index (κ3) is 0.775. The lowest BCUT2D eigenvalue weighted by Crippen LogP contribution is -2.48. The number of carbonyl (C=O) groups excluding carboxylic acids is 3. The highest BCUT2D eigenvalue weighted by atomic mass is 16.7. The van der Waals surface area contributed by atoms with Gasteiger partial charge < -0.3 is 18.9 Å². The number of Topliss-reactive ketones (excluding diaryl/α,β-unsaturated/α-hetero) is 1. The van der Waals surface area contributed by atoms with Crippen molar-refractivity contribution in [3.63, 3.8) is 0 Å². The van der Waals surface area contributed by atoms with Gasteiger partial charge in [0.15, 0.2) is 17.2 Å². The summed E-state index contributed by atoms with van der Waals surface area (Å²) < 4.78 is 22.7. The van der Waals surface area contributed by atoms with Crippen molar-refractivity contribution in [3.8, 4) is 0 Å². The zero-order valence-electron chi connectivity index (χ0n) is 11.3. The number of hydrogen-bond acceptors (Lipinski definition) is 7. The van der Waals surface area contributed by atoms with Crippen molar-refractivity contribution in [1.29, 1.82) is 0 Å². The molecule has 0 N–H and O–H groups in total. The van der Waals surface area contributed by atoms with Crippen LogP contribution in [0, 0.1) is 10.8 Å². The molecule has 3 spiro atoms. The van der Waals surface area contributed by atoms with Gasteiger partial charge in [0.25, 0.3) is 0 Å². The average Bonchev–Trinajstić information content (AvgIpc) is 3.18. The summed E-state index contributed by atoms with van der Waals surface area (Å²) in [5.41, 5.74) is -3.31. The number of ketones is 2. The lowest BCUT2D eigenvalue weighted by Gasteiger charge is -2.34. The maximum Gasteiger partial charge on any atom is 0.343 e. The number of ether oxygens (including phenoxy) is 4. The lowest BCUT2D eigenvalue weighted by molar-refractivity contribution is -0.168. The molecule has 0 aromatic carbocycles. The number of hydrogen-bond donors (Lipinski definition) is 0. The van der Waals surface area contributed by atoms with E-state index in [1.54, 1.807) is 6.08 Å². The van der Waals surface area contributed by atoms with Gasteiger partial charge in [-0.3, -0.25) is 9.59 Å². The van der Waals surface area contributed by atoms with Crippen molar-refractivity contribution in [3.05, 3.63) is 23.5 Å². The van der Waals surface area contributed by atoms with E-state index in [0.717, 1.165) is 0 Å². The van der Waals surface area contributed by atoms with Crippen LogP contribution in [0.3, 0.4) is 0 Å². The molecule has 4 saturated heterocycles. The van der Waals surface area contributed by atoms with Gasteiger partial charge in [0.2, 0.25) is 6.29 Å². The highest BCUT2D eigenvalue weighted by molar-refractivity contribution is 6.14. The van der Waals surface area contributed by atoms with Crippen molar-refractivity contribution in [2.75, 3.05) is 13.2 Å². The molecule has 0 saturated carbocycles. The summed E-state index contributed by atoms with van der Waals surface area (Å²) in [7, 11) is 0. The molecule has 0 aromatic heterocycles. The molecule has 6 aliphatic rings.